The molecule has 0 aliphatic carbocycles. The van der Waals surface area contributed by atoms with Crippen molar-refractivity contribution in [1.29, 1.82) is 0 Å². The number of amides is 2. The Kier molecular flexibility index (Phi) is 14.2. The Morgan fingerprint density at radius 3 is 2.13 bits per heavy atom. The first-order valence-corrected chi connectivity index (χ1v) is 17.8. The van der Waals surface area contributed by atoms with Crippen molar-refractivity contribution in [3.63, 3.8) is 0 Å². The highest BCUT2D eigenvalue weighted by molar-refractivity contribution is 7.20. The van der Waals surface area contributed by atoms with Gasteiger partial charge in [0.25, 0.3) is 6.10 Å². The fraction of sp³-hybridized carbons (Fsp3) is 0.514. The third-order valence-electron chi connectivity index (χ3n) is 6.40. The van der Waals surface area contributed by atoms with Gasteiger partial charge in [-0.1, -0.05) is 40.2 Å². The molecule has 3 aromatic rings. The normalized spacial score (nSPS) is 12.8. The number of ether oxygens (including phenoxy) is 4. The van der Waals surface area contributed by atoms with E-state index in [9.17, 15) is 24.3 Å². The lowest BCUT2D eigenvalue weighted by Gasteiger charge is -2.23. The van der Waals surface area contributed by atoms with Gasteiger partial charge in [-0.05, 0) is 86.4 Å². The molecular weight excluding hydrogens is 732 g/mol. The molecule has 0 saturated carbocycles. The number of thiazole rings is 1. The number of aryl methyl sites for hydroxylation is 2. The standard InChI is InChI=1S/C35H47ClN6O10S/c1-33(2,3)49-29(45)24(52-40-26(28(43)44)25-27(36)53-30(38-25)39-32(47)51-35(7,8)9)20-48-23-14-12-21(13-15-23)22-18-41(10)42(19-22)17-11-16-37-31(46)50-34(4,5)6/h12-15,18-19,24H,11,16-17,20H2,1-10H3,(H2-,37,38,39,43,44,46,47)/p+1. The number of hydrogen-bond donors (Lipinski definition) is 3. The number of aromatic nitrogens is 3. The number of nitrogens with one attached hydrogen (secondary N) is 2. The van der Waals surface area contributed by atoms with Gasteiger partial charge in [-0.15, -0.1) is 4.68 Å². The van der Waals surface area contributed by atoms with E-state index in [-0.39, 0.29) is 21.8 Å². The van der Waals surface area contributed by atoms with Crippen molar-refractivity contribution >= 4 is 57.9 Å². The minimum atomic E-state index is -1.56. The van der Waals surface area contributed by atoms with Gasteiger partial charge in [0, 0.05) is 6.54 Å². The Morgan fingerprint density at radius 2 is 1.55 bits per heavy atom. The van der Waals surface area contributed by atoms with Crippen LogP contribution in [-0.2, 0) is 42.2 Å². The molecule has 0 aliphatic heterocycles. The van der Waals surface area contributed by atoms with Crippen LogP contribution in [0, 0.1) is 0 Å². The maximum atomic E-state index is 13.1. The SMILES string of the molecule is C[n+]1cc(-c2ccc(OCC(ON=C(C(=O)O)c3nc(NC(=O)OC(C)(C)C)sc3Cl)C(=O)OC(C)(C)C)cc2)cn1CCCNC(=O)OC(C)(C)C. The second-order valence-electron chi connectivity index (χ2n) is 14.7. The van der Waals surface area contributed by atoms with Gasteiger partial charge in [0.05, 0.1) is 18.3 Å². The molecule has 0 fully saturated rings. The van der Waals surface area contributed by atoms with Crippen LogP contribution in [0.1, 0.15) is 74.4 Å². The monoisotopic (exact) mass is 779 g/mol. The number of carboxylic acids is 1. The molecule has 2 aromatic heterocycles. The Hall–Kier alpha value is -4.90. The number of carbonyl (C=O) groups excluding carboxylic acids is 3. The molecule has 2 amide bonds. The highest BCUT2D eigenvalue weighted by Gasteiger charge is 2.30. The van der Waals surface area contributed by atoms with Crippen LogP contribution in [0.15, 0.2) is 41.8 Å². The Labute approximate surface area is 317 Å². The number of nitrogens with zero attached hydrogens (tertiary/aromatic N) is 4. The number of hydrogen-bond acceptors (Lipinski definition) is 12. The molecular formula is C35H48ClN6O10S+. The summed E-state index contributed by atoms with van der Waals surface area (Å²) < 4.78 is 25.6. The second kappa shape index (κ2) is 17.7. The fourth-order valence-corrected chi connectivity index (χ4v) is 5.32. The van der Waals surface area contributed by atoms with Crippen molar-refractivity contribution in [2.75, 3.05) is 18.5 Å². The van der Waals surface area contributed by atoms with Crippen LogP contribution in [0.25, 0.3) is 11.1 Å². The number of benzene rings is 1. The highest BCUT2D eigenvalue weighted by atomic mass is 35.5. The van der Waals surface area contributed by atoms with E-state index in [1.54, 1.807) is 53.7 Å². The van der Waals surface area contributed by atoms with Gasteiger partial charge in [-0.25, -0.2) is 24.2 Å². The minimum absolute atomic E-state index is 0.0402. The lowest BCUT2D eigenvalue weighted by molar-refractivity contribution is -0.753. The van der Waals surface area contributed by atoms with E-state index in [0.717, 1.165) is 22.5 Å². The number of carbonyl (C=O) groups is 4. The van der Waals surface area contributed by atoms with Gasteiger partial charge >= 0.3 is 24.1 Å². The van der Waals surface area contributed by atoms with Gasteiger partial charge in [0.1, 0.15) is 39.2 Å². The van der Waals surface area contributed by atoms with E-state index in [4.69, 9.17) is 35.4 Å². The van der Waals surface area contributed by atoms with Crippen LogP contribution >= 0.6 is 22.9 Å². The first kappa shape index (κ1) is 42.5. The topological polar surface area (TPSA) is 193 Å². The smallest absolute Gasteiger partial charge is 0.413 e. The predicted molar refractivity (Wildman–Crippen MR) is 197 cm³/mol. The Balaban J connectivity index is 1.70. The number of esters is 1. The molecule has 1 unspecified atom stereocenters. The van der Waals surface area contributed by atoms with E-state index in [1.165, 1.54) is 0 Å². The van der Waals surface area contributed by atoms with Crippen molar-refractivity contribution in [2.24, 2.45) is 12.2 Å². The number of rotatable bonds is 14. The molecule has 3 N–H and O–H groups in total. The number of halogens is 1. The number of alkyl carbamates (subject to hydrolysis) is 1. The summed E-state index contributed by atoms with van der Waals surface area (Å²) in [4.78, 5) is 58.8. The Bertz CT molecular complexity index is 1790. The molecule has 0 aliphatic rings. The molecule has 53 heavy (non-hydrogen) atoms. The summed E-state index contributed by atoms with van der Waals surface area (Å²) in [5, 5.41) is 18.7. The van der Waals surface area contributed by atoms with Crippen LogP contribution in [0.2, 0.25) is 4.34 Å². The van der Waals surface area contributed by atoms with Crippen molar-refractivity contribution < 1.29 is 52.8 Å². The van der Waals surface area contributed by atoms with Gasteiger partial charge in [-0.2, -0.15) is 4.68 Å². The van der Waals surface area contributed by atoms with E-state index >= 15 is 0 Å². The molecule has 0 bridgehead atoms. The molecule has 0 saturated heterocycles. The minimum Gasteiger partial charge on any atom is -0.489 e. The summed E-state index contributed by atoms with van der Waals surface area (Å²) in [7, 11) is 1.92. The number of carboxylic acid groups (broad SMARTS) is 1. The quantitative estimate of drug-likeness (QED) is 0.0438. The number of anilines is 1. The number of aliphatic carboxylic acids is 1. The maximum Gasteiger partial charge on any atom is 0.413 e. The summed E-state index contributed by atoms with van der Waals surface area (Å²) in [5.74, 6) is -2.01. The van der Waals surface area contributed by atoms with Crippen molar-refractivity contribution in [3.8, 4) is 16.9 Å². The maximum absolute atomic E-state index is 13.1. The lowest BCUT2D eigenvalue weighted by atomic mass is 10.1. The second-order valence-corrected chi connectivity index (χ2v) is 16.3. The van der Waals surface area contributed by atoms with E-state index < -0.39 is 52.7 Å². The van der Waals surface area contributed by atoms with Crippen LogP contribution < -0.4 is 20.1 Å². The van der Waals surface area contributed by atoms with Crippen LogP contribution in [-0.4, -0.2) is 80.7 Å². The van der Waals surface area contributed by atoms with Gasteiger partial charge in [-0.3, -0.25) is 5.32 Å². The molecule has 1 aromatic carbocycles. The average molecular weight is 780 g/mol. The lowest BCUT2D eigenvalue weighted by Crippen LogP contribution is -2.39. The molecule has 0 radical (unpaired) electrons. The highest BCUT2D eigenvalue weighted by Crippen LogP contribution is 2.29. The predicted octanol–water partition coefficient (Wildman–Crippen LogP) is 5.95. The zero-order chi connectivity index (χ0) is 39.7. The van der Waals surface area contributed by atoms with E-state index in [0.29, 0.717) is 25.3 Å². The molecule has 2 heterocycles. The summed E-state index contributed by atoms with van der Waals surface area (Å²) >= 11 is 7.04. The van der Waals surface area contributed by atoms with E-state index in [2.05, 4.69) is 20.8 Å². The zero-order valence-electron chi connectivity index (χ0n) is 31.6. The van der Waals surface area contributed by atoms with Crippen LogP contribution in [0.5, 0.6) is 5.75 Å². The summed E-state index contributed by atoms with van der Waals surface area (Å²) in [5.41, 5.74) is -1.43. The van der Waals surface area contributed by atoms with Crippen molar-refractivity contribution in [1.82, 2.24) is 15.0 Å². The average Bonchev–Trinajstić information content (AvgIpc) is 3.55. The molecule has 3 rings (SSSR count). The number of oxime groups is 1. The first-order chi connectivity index (χ1) is 24.5. The van der Waals surface area contributed by atoms with Gasteiger partial charge in [0.2, 0.25) is 11.9 Å². The fourth-order valence-electron chi connectivity index (χ4n) is 4.29. The molecule has 290 valence electrons. The summed E-state index contributed by atoms with van der Waals surface area (Å²) in [6, 6.07) is 7.11. The van der Waals surface area contributed by atoms with E-state index in [1.807, 2.05) is 61.7 Å². The van der Waals surface area contributed by atoms with Gasteiger partial charge in [0.15, 0.2) is 12.2 Å². The summed E-state index contributed by atoms with van der Waals surface area (Å²) in [6.07, 6.45) is 1.88. The third kappa shape index (κ3) is 14.6. The largest absolute Gasteiger partial charge is 0.489 e. The van der Waals surface area contributed by atoms with Gasteiger partial charge < -0.3 is 34.2 Å². The molecule has 18 heteroatoms. The first-order valence-electron chi connectivity index (χ1n) is 16.6. The molecule has 1 atom stereocenters. The molecule has 16 nitrogen and oxygen atoms in total. The van der Waals surface area contributed by atoms with Crippen molar-refractivity contribution in [3.05, 3.63) is 46.7 Å². The summed E-state index contributed by atoms with van der Waals surface area (Å²) in [6.45, 7) is 16.2. The Morgan fingerprint density at radius 1 is 0.943 bits per heavy atom. The van der Waals surface area contributed by atoms with Crippen LogP contribution in [0.3, 0.4) is 0 Å². The zero-order valence-corrected chi connectivity index (χ0v) is 33.1. The van der Waals surface area contributed by atoms with Crippen LogP contribution in [0.4, 0.5) is 14.7 Å². The molecule has 0 spiro atoms. The third-order valence-corrected chi connectivity index (χ3v) is 7.57. The van der Waals surface area contributed by atoms with Crippen molar-refractivity contribution in [2.45, 2.75) is 98.2 Å².